The summed E-state index contributed by atoms with van der Waals surface area (Å²) in [5.41, 5.74) is 0.850. The molecule has 0 saturated heterocycles. The lowest BCUT2D eigenvalue weighted by atomic mass is 10.2. The number of halogens is 3. The molecule has 0 saturated carbocycles. The van der Waals surface area contributed by atoms with Crippen LogP contribution >= 0.6 is 22.7 Å². The molecule has 2 heterocycles. The van der Waals surface area contributed by atoms with Gasteiger partial charge in [-0.2, -0.15) is 0 Å². The number of thiophene rings is 1. The number of nitrogens with one attached hydrogen (secondary N) is 2. The average Bonchev–Trinajstić information content (AvgIpc) is 3.28. The molecule has 29 heavy (non-hydrogen) atoms. The second kappa shape index (κ2) is 8.62. The summed E-state index contributed by atoms with van der Waals surface area (Å²) >= 11 is 2.70. The summed E-state index contributed by atoms with van der Waals surface area (Å²) in [5, 5.41) is 7.47. The van der Waals surface area contributed by atoms with Crippen LogP contribution in [0.4, 0.5) is 18.3 Å². The summed E-state index contributed by atoms with van der Waals surface area (Å²) in [7, 11) is 0. The van der Waals surface area contributed by atoms with Crippen LogP contribution in [0, 0.1) is 0 Å². The predicted molar refractivity (Wildman–Crippen MR) is 104 cm³/mol. The van der Waals surface area contributed by atoms with E-state index in [1.54, 1.807) is 5.38 Å². The molecule has 2 amide bonds. The standard InChI is InChI=1S/C18H14F3N3O3S2/c1-10(25)22-8-13-6-7-15(29-13)14-9-28-17(23-14)24-16(26)11-2-4-12(5-3-11)27-18(19,20)21/h2-7,9H,8H2,1H3,(H,22,25)(H,23,24,26). The molecule has 0 bridgehead atoms. The summed E-state index contributed by atoms with van der Waals surface area (Å²) < 4.78 is 40.3. The minimum atomic E-state index is -4.79. The number of rotatable bonds is 6. The largest absolute Gasteiger partial charge is 0.573 e. The van der Waals surface area contributed by atoms with E-state index in [0.29, 0.717) is 17.4 Å². The van der Waals surface area contributed by atoms with Crippen LogP contribution in [-0.4, -0.2) is 23.2 Å². The van der Waals surface area contributed by atoms with Crippen LogP contribution in [0.25, 0.3) is 10.6 Å². The molecule has 0 aliphatic carbocycles. The Morgan fingerprint density at radius 1 is 1.14 bits per heavy atom. The highest BCUT2D eigenvalue weighted by Crippen LogP contribution is 2.31. The van der Waals surface area contributed by atoms with Gasteiger partial charge in [-0.1, -0.05) is 0 Å². The van der Waals surface area contributed by atoms with Gasteiger partial charge in [-0.3, -0.25) is 14.9 Å². The number of benzene rings is 1. The molecule has 2 N–H and O–H groups in total. The molecule has 152 valence electrons. The normalized spacial score (nSPS) is 11.2. The summed E-state index contributed by atoms with van der Waals surface area (Å²) in [6, 6.07) is 8.37. The highest BCUT2D eigenvalue weighted by atomic mass is 32.1. The van der Waals surface area contributed by atoms with Gasteiger partial charge in [0.1, 0.15) is 5.75 Å². The molecule has 3 aromatic rings. The molecule has 0 spiro atoms. The van der Waals surface area contributed by atoms with Crippen molar-refractivity contribution in [3.8, 4) is 16.3 Å². The van der Waals surface area contributed by atoms with Crippen molar-refractivity contribution >= 4 is 39.6 Å². The lowest BCUT2D eigenvalue weighted by Crippen LogP contribution is -2.17. The second-order valence-corrected chi connectivity index (χ2v) is 7.77. The summed E-state index contributed by atoms with van der Waals surface area (Å²) in [4.78, 5) is 29.5. The summed E-state index contributed by atoms with van der Waals surface area (Å²) in [6.45, 7) is 1.88. The van der Waals surface area contributed by atoms with Crippen LogP contribution < -0.4 is 15.4 Å². The molecule has 0 radical (unpaired) electrons. The molecule has 2 aromatic heterocycles. The first-order chi connectivity index (χ1) is 13.7. The number of carbonyl (C=O) groups is 2. The molecule has 0 fully saturated rings. The number of nitrogens with zero attached hydrogens (tertiary/aromatic N) is 1. The third-order valence-electron chi connectivity index (χ3n) is 3.50. The van der Waals surface area contributed by atoms with Gasteiger partial charge in [0.05, 0.1) is 17.1 Å². The molecular weight excluding hydrogens is 427 g/mol. The fraction of sp³-hybridized carbons (Fsp3) is 0.167. The van der Waals surface area contributed by atoms with E-state index >= 15 is 0 Å². The Balaban J connectivity index is 1.62. The van der Waals surface area contributed by atoms with Gasteiger partial charge in [-0.05, 0) is 36.4 Å². The van der Waals surface area contributed by atoms with Gasteiger partial charge in [0.2, 0.25) is 5.91 Å². The smallest absolute Gasteiger partial charge is 0.406 e. The SMILES string of the molecule is CC(=O)NCc1ccc(-c2csc(NC(=O)c3ccc(OC(F)(F)F)cc3)n2)s1. The van der Waals surface area contributed by atoms with E-state index in [0.717, 1.165) is 21.9 Å². The fourth-order valence-electron chi connectivity index (χ4n) is 2.24. The number of hydrogen-bond donors (Lipinski definition) is 2. The zero-order valence-corrected chi connectivity index (χ0v) is 16.5. The maximum atomic E-state index is 12.3. The Bertz CT molecular complexity index is 1010. The third-order valence-corrected chi connectivity index (χ3v) is 5.37. The van der Waals surface area contributed by atoms with Crippen molar-refractivity contribution < 1.29 is 27.5 Å². The van der Waals surface area contributed by atoms with E-state index in [4.69, 9.17) is 0 Å². The van der Waals surface area contributed by atoms with Crippen LogP contribution in [0.5, 0.6) is 5.75 Å². The highest BCUT2D eigenvalue weighted by molar-refractivity contribution is 7.17. The number of ether oxygens (including phenoxy) is 1. The monoisotopic (exact) mass is 441 g/mol. The number of carbonyl (C=O) groups excluding carboxylic acids is 2. The molecule has 11 heteroatoms. The van der Waals surface area contributed by atoms with Gasteiger partial charge in [-0.25, -0.2) is 4.98 Å². The van der Waals surface area contributed by atoms with Gasteiger partial charge in [0.25, 0.3) is 5.91 Å². The topological polar surface area (TPSA) is 80.3 Å². The maximum Gasteiger partial charge on any atom is 0.573 e. The number of anilines is 1. The first kappa shape index (κ1) is 20.8. The maximum absolute atomic E-state index is 12.3. The molecule has 1 aromatic carbocycles. The molecule has 0 aliphatic rings. The van der Waals surface area contributed by atoms with E-state index in [1.165, 1.54) is 41.7 Å². The number of hydrogen-bond acceptors (Lipinski definition) is 6. The minimum absolute atomic E-state index is 0.114. The molecular formula is C18H14F3N3O3S2. The van der Waals surface area contributed by atoms with E-state index in [-0.39, 0.29) is 11.5 Å². The van der Waals surface area contributed by atoms with E-state index < -0.39 is 18.0 Å². The van der Waals surface area contributed by atoms with Gasteiger partial charge in [0.15, 0.2) is 5.13 Å². The third kappa shape index (κ3) is 6.03. The highest BCUT2D eigenvalue weighted by Gasteiger charge is 2.31. The van der Waals surface area contributed by atoms with Crippen LogP contribution in [-0.2, 0) is 11.3 Å². The Labute approximate surface area is 171 Å². The fourth-order valence-corrected chi connectivity index (χ4v) is 3.93. The predicted octanol–water partition coefficient (Wildman–Crippen LogP) is 4.66. The van der Waals surface area contributed by atoms with E-state index in [1.807, 2.05) is 12.1 Å². The zero-order valence-electron chi connectivity index (χ0n) is 14.9. The Kier molecular flexibility index (Phi) is 6.18. The molecule has 0 unspecified atom stereocenters. The van der Waals surface area contributed by atoms with Crippen LogP contribution in [0.3, 0.4) is 0 Å². The minimum Gasteiger partial charge on any atom is -0.406 e. The van der Waals surface area contributed by atoms with Crippen molar-refractivity contribution in [3.63, 3.8) is 0 Å². The van der Waals surface area contributed by atoms with Crippen molar-refractivity contribution in [2.75, 3.05) is 5.32 Å². The summed E-state index contributed by atoms with van der Waals surface area (Å²) in [6.07, 6.45) is -4.79. The van der Waals surface area contributed by atoms with E-state index in [2.05, 4.69) is 20.4 Å². The van der Waals surface area contributed by atoms with Crippen molar-refractivity contribution in [1.29, 1.82) is 0 Å². The lowest BCUT2D eigenvalue weighted by molar-refractivity contribution is -0.274. The average molecular weight is 441 g/mol. The van der Waals surface area contributed by atoms with E-state index in [9.17, 15) is 22.8 Å². The second-order valence-electron chi connectivity index (χ2n) is 5.74. The molecule has 0 aliphatic heterocycles. The van der Waals surface area contributed by atoms with Gasteiger partial charge < -0.3 is 10.1 Å². The Morgan fingerprint density at radius 2 is 1.86 bits per heavy atom. The number of alkyl halides is 3. The lowest BCUT2D eigenvalue weighted by Gasteiger charge is -2.09. The van der Waals surface area contributed by atoms with Crippen LogP contribution in [0.15, 0.2) is 41.8 Å². The Morgan fingerprint density at radius 3 is 2.52 bits per heavy atom. The van der Waals surface area contributed by atoms with Gasteiger partial charge >= 0.3 is 6.36 Å². The molecule has 6 nitrogen and oxygen atoms in total. The van der Waals surface area contributed by atoms with Crippen molar-refractivity contribution in [2.45, 2.75) is 19.8 Å². The van der Waals surface area contributed by atoms with Crippen molar-refractivity contribution in [2.24, 2.45) is 0 Å². The van der Waals surface area contributed by atoms with Crippen LogP contribution in [0.2, 0.25) is 0 Å². The molecule has 3 rings (SSSR count). The van der Waals surface area contributed by atoms with Crippen LogP contribution in [0.1, 0.15) is 22.2 Å². The molecule has 0 atom stereocenters. The van der Waals surface area contributed by atoms with Crippen molar-refractivity contribution in [3.05, 3.63) is 52.2 Å². The summed E-state index contributed by atoms with van der Waals surface area (Å²) in [5.74, 6) is -1.02. The number of thiazole rings is 1. The van der Waals surface area contributed by atoms with Crippen molar-refractivity contribution in [1.82, 2.24) is 10.3 Å². The Hall–Kier alpha value is -2.92. The van der Waals surface area contributed by atoms with Gasteiger partial charge in [0, 0.05) is 22.7 Å². The first-order valence-corrected chi connectivity index (χ1v) is 9.85. The van der Waals surface area contributed by atoms with Gasteiger partial charge in [-0.15, -0.1) is 35.8 Å². The quantitative estimate of drug-likeness (QED) is 0.583. The number of amides is 2. The number of aromatic nitrogens is 1. The first-order valence-electron chi connectivity index (χ1n) is 8.16. The zero-order chi connectivity index (χ0) is 21.0.